The van der Waals surface area contributed by atoms with Gasteiger partial charge in [0.2, 0.25) is 5.91 Å². The summed E-state index contributed by atoms with van der Waals surface area (Å²) >= 11 is 0. The molecule has 0 bridgehead atoms. The molecule has 6 nitrogen and oxygen atoms in total. The van der Waals surface area contributed by atoms with Crippen molar-refractivity contribution in [1.29, 1.82) is 0 Å². The smallest absolute Gasteiger partial charge is 0.257 e. The van der Waals surface area contributed by atoms with E-state index < -0.39 is 15.7 Å². The fourth-order valence-corrected chi connectivity index (χ4v) is 5.30. The van der Waals surface area contributed by atoms with Crippen LogP contribution >= 0.6 is 0 Å². The molecule has 2 amide bonds. The van der Waals surface area contributed by atoms with Crippen molar-refractivity contribution >= 4 is 33.0 Å². The van der Waals surface area contributed by atoms with E-state index >= 15 is 0 Å². The maximum absolute atomic E-state index is 12.8. The number of nitrogens with one attached hydrogen (secondary N) is 2. The van der Waals surface area contributed by atoms with E-state index in [0.717, 1.165) is 30.4 Å². The molecule has 1 aliphatic rings. The molecule has 3 aromatic rings. The molecular weight excluding hydrogens is 436 g/mol. The lowest BCUT2D eigenvalue weighted by Crippen LogP contribution is -2.20. The maximum atomic E-state index is 12.8. The Morgan fingerprint density at radius 1 is 0.879 bits per heavy atom. The highest BCUT2D eigenvalue weighted by Gasteiger charge is 2.21. The molecule has 3 aromatic carbocycles. The van der Waals surface area contributed by atoms with Gasteiger partial charge >= 0.3 is 0 Å². The SMILES string of the molecule is Cc1cccc(NC(=O)c2ccccc2NC(=O)CCS(=O)(=O)c2ccc3c(c2)CCC3)c1. The summed E-state index contributed by atoms with van der Waals surface area (Å²) in [6, 6.07) is 19.3. The van der Waals surface area contributed by atoms with Gasteiger partial charge in [-0.1, -0.05) is 30.3 Å². The van der Waals surface area contributed by atoms with Crippen LogP contribution in [0.2, 0.25) is 0 Å². The predicted octanol–water partition coefficient (Wildman–Crippen LogP) is 4.54. The number of hydrogen-bond donors (Lipinski definition) is 2. The summed E-state index contributed by atoms with van der Waals surface area (Å²) in [5.41, 5.74) is 4.58. The third-order valence-electron chi connectivity index (χ3n) is 5.75. The van der Waals surface area contributed by atoms with Crippen molar-refractivity contribution in [1.82, 2.24) is 0 Å². The number of anilines is 2. The van der Waals surface area contributed by atoms with Crippen molar-refractivity contribution in [2.45, 2.75) is 37.5 Å². The molecule has 170 valence electrons. The second kappa shape index (κ2) is 9.58. The average molecular weight is 463 g/mol. The minimum absolute atomic E-state index is 0.201. The van der Waals surface area contributed by atoms with Crippen LogP contribution in [0.4, 0.5) is 11.4 Å². The van der Waals surface area contributed by atoms with Crippen molar-refractivity contribution in [3.05, 3.63) is 89.0 Å². The molecule has 33 heavy (non-hydrogen) atoms. The molecule has 0 unspecified atom stereocenters. The van der Waals surface area contributed by atoms with E-state index in [1.165, 1.54) is 5.56 Å². The summed E-state index contributed by atoms with van der Waals surface area (Å²) in [7, 11) is -3.58. The Morgan fingerprint density at radius 3 is 2.48 bits per heavy atom. The van der Waals surface area contributed by atoms with Gasteiger partial charge in [0.05, 0.1) is 21.9 Å². The summed E-state index contributed by atoms with van der Waals surface area (Å²) in [6.45, 7) is 1.93. The van der Waals surface area contributed by atoms with Gasteiger partial charge in [0, 0.05) is 12.1 Å². The quantitative estimate of drug-likeness (QED) is 0.539. The fraction of sp³-hybridized carbons (Fsp3) is 0.231. The Bertz CT molecular complexity index is 1320. The largest absolute Gasteiger partial charge is 0.325 e. The van der Waals surface area contributed by atoms with Crippen molar-refractivity contribution in [3.8, 4) is 0 Å². The number of benzene rings is 3. The second-order valence-electron chi connectivity index (χ2n) is 8.27. The summed E-state index contributed by atoms with van der Waals surface area (Å²) in [6.07, 6.45) is 2.71. The molecule has 7 heteroatoms. The van der Waals surface area contributed by atoms with Gasteiger partial charge in [-0.05, 0) is 79.3 Å². The van der Waals surface area contributed by atoms with E-state index in [0.29, 0.717) is 16.9 Å². The van der Waals surface area contributed by atoms with Crippen LogP contribution in [-0.2, 0) is 27.5 Å². The Labute approximate surface area is 194 Å². The van der Waals surface area contributed by atoms with Crippen LogP contribution in [0.3, 0.4) is 0 Å². The highest BCUT2D eigenvalue weighted by molar-refractivity contribution is 7.91. The van der Waals surface area contributed by atoms with E-state index in [-0.39, 0.29) is 23.0 Å². The minimum atomic E-state index is -3.58. The van der Waals surface area contributed by atoms with Crippen molar-refractivity contribution in [2.24, 2.45) is 0 Å². The molecular formula is C26H26N2O4S. The lowest BCUT2D eigenvalue weighted by molar-refractivity contribution is -0.115. The van der Waals surface area contributed by atoms with Crippen LogP contribution < -0.4 is 10.6 Å². The van der Waals surface area contributed by atoms with Gasteiger partial charge in [-0.2, -0.15) is 0 Å². The second-order valence-corrected chi connectivity index (χ2v) is 10.4. The first-order chi connectivity index (χ1) is 15.8. The van der Waals surface area contributed by atoms with Crippen LogP contribution in [0.15, 0.2) is 71.6 Å². The average Bonchev–Trinajstić information content (AvgIpc) is 3.26. The molecule has 0 fully saturated rings. The van der Waals surface area contributed by atoms with Gasteiger partial charge in [-0.15, -0.1) is 0 Å². The van der Waals surface area contributed by atoms with Crippen LogP contribution in [0.25, 0.3) is 0 Å². The van der Waals surface area contributed by atoms with Gasteiger partial charge in [0.25, 0.3) is 5.91 Å². The highest BCUT2D eigenvalue weighted by Crippen LogP contribution is 2.25. The Balaban J connectivity index is 1.41. The number of fused-ring (bicyclic) bond motifs is 1. The van der Waals surface area contributed by atoms with Crippen LogP contribution in [0.1, 0.15) is 39.9 Å². The zero-order valence-electron chi connectivity index (χ0n) is 18.4. The monoisotopic (exact) mass is 462 g/mol. The van der Waals surface area contributed by atoms with Crippen LogP contribution in [0, 0.1) is 6.92 Å². The fourth-order valence-electron chi connectivity index (χ4n) is 4.01. The van der Waals surface area contributed by atoms with Crippen LogP contribution in [-0.4, -0.2) is 26.0 Å². The van der Waals surface area contributed by atoms with Gasteiger partial charge in [-0.25, -0.2) is 8.42 Å². The first kappa shape index (κ1) is 22.7. The third-order valence-corrected chi connectivity index (χ3v) is 7.46. The number of hydrogen-bond acceptors (Lipinski definition) is 4. The number of para-hydroxylation sites is 1. The molecule has 0 saturated heterocycles. The number of rotatable bonds is 7. The molecule has 0 saturated carbocycles. The zero-order chi connectivity index (χ0) is 23.4. The molecule has 0 spiro atoms. The van der Waals surface area contributed by atoms with Gasteiger partial charge < -0.3 is 10.6 Å². The van der Waals surface area contributed by atoms with Gasteiger partial charge in [0.15, 0.2) is 9.84 Å². The number of carbonyl (C=O) groups is 2. The van der Waals surface area contributed by atoms with E-state index in [1.54, 1.807) is 42.5 Å². The first-order valence-electron chi connectivity index (χ1n) is 10.9. The van der Waals surface area contributed by atoms with Crippen molar-refractivity contribution in [3.63, 3.8) is 0 Å². The number of carbonyl (C=O) groups excluding carboxylic acids is 2. The molecule has 0 aliphatic heterocycles. The summed E-state index contributed by atoms with van der Waals surface area (Å²) in [5, 5.41) is 5.51. The van der Waals surface area contributed by atoms with Gasteiger partial charge in [0.1, 0.15) is 0 Å². The molecule has 0 radical (unpaired) electrons. The van der Waals surface area contributed by atoms with Crippen molar-refractivity contribution in [2.75, 3.05) is 16.4 Å². The standard InChI is InChI=1S/C26H26N2O4S/c1-18-6-4-9-21(16-18)27-26(30)23-10-2-3-11-24(23)28-25(29)14-15-33(31,32)22-13-12-19-7-5-8-20(19)17-22/h2-4,6,9-13,16-17H,5,7-8,14-15H2,1H3,(H,27,30)(H,28,29). The maximum Gasteiger partial charge on any atom is 0.257 e. The van der Waals surface area contributed by atoms with E-state index in [9.17, 15) is 18.0 Å². The number of aryl methyl sites for hydroxylation is 3. The molecule has 4 rings (SSSR count). The Hall–Kier alpha value is -3.45. The highest BCUT2D eigenvalue weighted by atomic mass is 32.2. The third kappa shape index (κ3) is 5.49. The summed E-state index contributed by atoms with van der Waals surface area (Å²) in [5.74, 6) is -1.12. The lowest BCUT2D eigenvalue weighted by atomic mass is 10.1. The normalized spacial score (nSPS) is 12.8. The predicted molar refractivity (Wildman–Crippen MR) is 129 cm³/mol. The topological polar surface area (TPSA) is 92.3 Å². The molecule has 1 aliphatic carbocycles. The molecule has 2 N–H and O–H groups in total. The molecule has 0 aromatic heterocycles. The lowest BCUT2D eigenvalue weighted by Gasteiger charge is -2.12. The Morgan fingerprint density at radius 2 is 1.67 bits per heavy atom. The minimum Gasteiger partial charge on any atom is -0.325 e. The molecule has 0 heterocycles. The summed E-state index contributed by atoms with van der Waals surface area (Å²) < 4.78 is 25.5. The Kier molecular flexibility index (Phi) is 6.60. The molecule has 0 atom stereocenters. The number of sulfone groups is 1. The van der Waals surface area contributed by atoms with E-state index in [1.807, 2.05) is 31.2 Å². The summed E-state index contributed by atoms with van der Waals surface area (Å²) in [4.78, 5) is 25.6. The van der Waals surface area contributed by atoms with E-state index in [2.05, 4.69) is 10.6 Å². The zero-order valence-corrected chi connectivity index (χ0v) is 19.2. The van der Waals surface area contributed by atoms with Crippen molar-refractivity contribution < 1.29 is 18.0 Å². The van der Waals surface area contributed by atoms with Gasteiger partial charge in [-0.3, -0.25) is 9.59 Å². The van der Waals surface area contributed by atoms with Crippen LogP contribution in [0.5, 0.6) is 0 Å². The first-order valence-corrected chi connectivity index (χ1v) is 12.6. The van der Waals surface area contributed by atoms with E-state index in [4.69, 9.17) is 0 Å². The number of amides is 2.